The van der Waals surface area contributed by atoms with Gasteiger partial charge in [0.1, 0.15) is 10.9 Å². The molecule has 0 saturated carbocycles. The van der Waals surface area contributed by atoms with Crippen molar-refractivity contribution in [2.75, 3.05) is 33.3 Å². The molecule has 0 N–H and O–H groups in total. The summed E-state index contributed by atoms with van der Waals surface area (Å²) in [7, 11) is 1.57. The Morgan fingerprint density at radius 3 is 2.21 bits per heavy atom. The van der Waals surface area contributed by atoms with Gasteiger partial charge in [0, 0.05) is 42.7 Å². The van der Waals surface area contributed by atoms with Crippen molar-refractivity contribution in [3.8, 4) is 5.75 Å². The van der Waals surface area contributed by atoms with Crippen LogP contribution < -0.4 is 4.74 Å². The molecule has 1 fully saturated rings. The number of rotatable bonds is 3. The van der Waals surface area contributed by atoms with Crippen LogP contribution in [-0.4, -0.2) is 59.9 Å². The fourth-order valence-corrected chi connectivity index (χ4v) is 3.62. The molecule has 2 aromatic carbocycles. The average molecular weight is 410 g/mol. The number of pyridine rings is 1. The number of carbonyl (C=O) groups excluding carboxylic acids is 2. The summed E-state index contributed by atoms with van der Waals surface area (Å²) in [6.07, 6.45) is 0. The number of halogens is 1. The number of fused-ring (bicyclic) bond motifs is 1. The van der Waals surface area contributed by atoms with E-state index in [1.807, 2.05) is 12.1 Å². The fourth-order valence-electron chi connectivity index (χ4n) is 3.47. The lowest BCUT2D eigenvalue weighted by molar-refractivity contribution is 0.0535. The third kappa shape index (κ3) is 4.03. The number of nitrogens with zero attached hydrogens (tertiary/aromatic N) is 3. The molecule has 1 saturated heterocycles. The molecule has 6 nitrogen and oxygen atoms in total. The summed E-state index contributed by atoms with van der Waals surface area (Å²) in [4.78, 5) is 33.4. The van der Waals surface area contributed by atoms with Gasteiger partial charge in [-0.2, -0.15) is 0 Å². The lowest BCUT2D eigenvalue weighted by Crippen LogP contribution is -2.50. The molecule has 2 amide bonds. The van der Waals surface area contributed by atoms with Gasteiger partial charge in [-0.3, -0.25) is 9.59 Å². The molecule has 0 atom stereocenters. The van der Waals surface area contributed by atoms with Crippen molar-refractivity contribution in [3.63, 3.8) is 0 Å². The second-order valence-electron chi connectivity index (χ2n) is 6.86. The van der Waals surface area contributed by atoms with Crippen LogP contribution in [0.1, 0.15) is 20.7 Å². The van der Waals surface area contributed by atoms with Crippen LogP contribution in [0.5, 0.6) is 5.75 Å². The van der Waals surface area contributed by atoms with E-state index in [0.29, 0.717) is 48.2 Å². The molecular weight excluding hydrogens is 390 g/mol. The third-order valence-electron chi connectivity index (χ3n) is 5.07. The van der Waals surface area contributed by atoms with Crippen LogP contribution in [0.15, 0.2) is 54.6 Å². The van der Waals surface area contributed by atoms with E-state index in [1.165, 1.54) is 0 Å². The normalized spacial score (nSPS) is 14.1. The van der Waals surface area contributed by atoms with Gasteiger partial charge in [-0.25, -0.2) is 4.98 Å². The van der Waals surface area contributed by atoms with Crippen LogP contribution in [0.2, 0.25) is 5.15 Å². The number of aromatic nitrogens is 1. The van der Waals surface area contributed by atoms with E-state index in [2.05, 4.69) is 4.98 Å². The zero-order valence-corrected chi connectivity index (χ0v) is 16.7. The van der Waals surface area contributed by atoms with E-state index in [9.17, 15) is 9.59 Å². The first-order valence-corrected chi connectivity index (χ1v) is 9.72. The molecule has 1 aliphatic rings. The Morgan fingerprint density at radius 2 is 1.55 bits per heavy atom. The quantitative estimate of drug-likeness (QED) is 0.621. The number of hydrogen-bond acceptors (Lipinski definition) is 4. The minimum atomic E-state index is -0.0512. The molecule has 0 aliphatic carbocycles. The Bertz CT molecular complexity index is 1080. The summed E-state index contributed by atoms with van der Waals surface area (Å²) >= 11 is 5.92. The SMILES string of the molecule is COc1cccc(C(=O)N2CCN(C(=O)c3ccc4nc(Cl)ccc4c3)CC2)c1. The number of hydrogen-bond donors (Lipinski definition) is 0. The Morgan fingerprint density at radius 1 is 0.897 bits per heavy atom. The van der Waals surface area contributed by atoms with Crippen molar-refractivity contribution in [2.24, 2.45) is 0 Å². The molecule has 7 heteroatoms. The number of benzene rings is 2. The number of amides is 2. The maximum atomic E-state index is 12.9. The van der Waals surface area contributed by atoms with E-state index in [0.717, 1.165) is 10.9 Å². The highest BCUT2D eigenvalue weighted by molar-refractivity contribution is 6.29. The van der Waals surface area contributed by atoms with Gasteiger partial charge in [-0.1, -0.05) is 17.7 Å². The number of carbonyl (C=O) groups is 2. The molecule has 2 heterocycles. The van der Waals surface area contributed by atoms with Crippen LogP contribution in [0.3, 0.4) is 0 Å². The Hall–Kier alpha value is -3.12. The van der Waals surface area contributed by atoms with E-state index in [4.69, 9.17) is 16.3 Å². The molecule has 0 radical (unpaired) electrons. The lowest BCUT2D eigenvalue weighted by Gasteiger charge is -2.35. The zero-order chi connectivity index (χ0) is 20.4. The molecule has 1 aromatic heterocycles. The summed E-state index contributed by atoms with van der Waals surface area (Å²) in [6.45, 7) is 1.97. The summed E-state index contributed by atoms with van der Waals surface area (Å²) < 4.78 is 5.19. The van der Waals surface area contributed by atoms with Crippen molar-refractivity contribution in [2.45, 2.75) is 0 Å². The van der Waals surface area contributed by atoms with Gasteiger partial charge < -0.3 is 14.5 Å². The molecular formula is C22H20ClN3O3. The first-order chi connectivity index (χ1) is 14.0. The monoisotopic (exact) mass is 409 g/mol. The van der Waals surface area contributed by atoms with Gasteiger partial charge in [0.05, 0.1) is 12.6 Å². The molecule has 148 valence electrons. The maximum absolute atomic E-state index is 12.9. The van der Waals surface area contributed by atoms with Crippen LogP contribution in [0.25, 0.3) is 10.9 Å². The Balaban J connectivity index is 1.43. The number of piperazine rings is 1. The van der Waals surface area contributed by atoms with Crippen molar-refractivity contribution in [1.82, 2.24) is 14.8 Å². The second kappa shape index (κ2) is 8.09. The first kappa shape index (κ1) is 19.2. The second-order valence-corrected chi connectivity index (χ2v) is 7.25. The largest absolute Gasteiger partial charge is 0.497 e. The number of ether oxygens (including phenoxy) is 1. The van der Waals surface area contributed by atoms with Gasteiger partial charge in [-0.05, 0) is 48.5 Å². The molecule has 0 spiro atoms. The Labute approximate surface area is 173 Å². The van der Waals surface area contributed by atoms with E-state index < -0.39 is 0 Å². The number of methoxy groups -OCH3 is 1. The maximum Gasteiger partial charge on any atom is 0.254 e. The molecule has 3 aromatic rings. The van der Waals surface area contributed by atoms with Crippen molar-refractivity contribution in [3.05, 3.63) is 70.9 Å². The summed E-state index contributed by atoms with van der Waals surface area (Å²) in [5, 5.41) is 1.29. The van der Waals surface area contributed by atoms with Gasteiger partial charge in [0.25, 0.3) is 11.8 Å². The Kier molecular flexibility index (Phi) is 5.36. The highest BCUT2D eigenvalue weighted by atomic mass is 35.5. The summed E-state index contributed by atoms with van der Waals surface area (Å²) in [6, 6.07) is 16.1. The van der Waals surface area contributed by atoms with E-state index in [-0.39, 0.29) is 11.8 Å². The standard InChI is InChI=1S/C22H20ClN3O3/c1-29-18-4-2-3-16(14-18)21(27)25-9-11-26(12-10-25)22(28)17-5-7-19-15(13-17)6-8-20(23)24-19/h2-8,13-14H,9-12H2,1H3. The van der Waals surface area contributed by atoms with Gasteiger partial charge in [-0.15, -0.1) is 0 Å². The van der Waals surface area contributed by atoms with Gasteiger partial charge >= 0.3 is 0 Å². The predicted octanol–water partition coefficient (Wildman–Crippen LogP) is 3.50. The summed E-state index contributed by atoms with van der Waals surface area (Å²) in [5.74, 6) is 0.553. The van der Waals surface area contributed by atoms with Crippen LogP contribution in [0.4, 0.5) is 0 Å². The van der Waals surface area contributed by atoms with Gasteiger partial charge in [0.2, 0.25) is 0 Å². The van der Waals surface area contributed by atoms with Crippen LogP contribution >= 0.6 is 11.6 Å². The van der Waals surface area contributed by atoms with E-state index >= 15 is 0 Å². The first-order valence-electron chi connectivity index (χ1n) is 9.34. The van der Waals surface area contributed by atoms with Crippen molar-refractivity contribution < 1.29 is 14.3 Å². The smallest absolute Gasteiger partial charge is 0.254 e. The zero-order valence-electron chi connectivity index (χ0n) is 16.0. The topological polar surface area (TPSA) is 62.7 Å². The minimum Gasteiger partial charge on any atom is -0.497 e. The van der Waals surface area contributed by atoms with E-state index in [1.54, 1.807) is 59.4 Å². The third-order valence-corrected chi connectivity index (χ3v) is 5.28. The van der Waals surface area contributed by atoms with Crippen LogP contribution in [-0.2, 0) is 0 Å². The van der Waals surface area contributed by atoms with Crippen LogP contribution in [0, 0.1) is 0 Å². The highest BCUT2D eigenvalue weighted by Gasteiger charge is 2.25. The lowest BCUT2D eigenvalue weighted by atomic mass is 10.1. The molecule has 0 bridgehead atoms. The summed E-state index contributed by atoms with van der Waals surface area (Å²) in [5.41, 5.74) is 1.95. The molecule has 29 heavy (non-hydrogen) atoms. The predicted molar refractivity (Wildman–Crippen MR) is 112 cm³/mol. The molecule has 4 rings (SSSR count). The highest BCUT2D eigenvalue weighted by Crippen LogP contribution is 2.20. The van der Waals surface area contributed by atoms with Crippen molar-refractivity contribution >= 4 is 34.3 Å². The van der Waals surface area contributed by atoms with Gasteiger partial charge in [0.15, 0.2) is 0 Å². The fraction of sp³-hybridized carbons (Fsp3) is 0.227. The molecule has 1 aliphatic heterocycles. The molecule has 0 unspecified atom stereocenters. The van der Waals surface area contributed by atoms with Crippen molar-refractivity contribution in [1.29, 1.82) is 0 Å². The average Bonchev–Trinajstić information content (AvgIpc) is 2.78. The minimum absolute atomic E-state index is 0.0460.